The molecule has 0 aromatic carbocycles. The Morgan fingerprint density at radius 1 is 0.253 bits per heavy atom. The van der Waals surface area contributed by atoms with Gasteiger partial charge in [0.15, 0.2) is 6.10 Å². The van der Waals surface area contributed by atoms with E-state index in [0.717, 1.165) is 109 Å². The number of rotatable bonds is 65. The molecule has 6 heteroatoms. The van der Waals surface area contributed by atoms with E-state index in [9.17, 15) is 14.4 Å². The molecule has 0 N–H and O–H groups in total. The van der Waals surface area contributed by atoms with Crippen LogP contribution in [0.3, 0.4) is 0 Å². The Hall–Kier alpha value is -3.67. The van der Waals surface area contributed by atoms with Crippen LogP contribution in [0.15, 0.2) is 97.2 Å². The Balaban J connectivity index is 4.31. The molecule has 6 nitrogen and oxygen atoms in total. The van der Waals surface area contributed by atoms with Crippen LogP contribution in [0.2, 0.25) is 0 Å². The van der Waals surface area contributed by atoms with Crippen molar-refractivity contribution in [2.45, 2.75) is 361 Å². The summed E-state index contributed by atoms with van der Waals surface area (Å²) in [5.41, 5.74) is 0. The first-order valence-electron chi connectivity index (χ1n) is 35.7. The number of carbonyl (C=O) groups is 3. The largest absolute Gasteiger partial charge is 0.462 e. The van der Waals surface area contributed by atoms with Gasteiger partial charge in [-0.3, -0.25) is 14.4 Å². The van der Waals surface area contributed by atoms with Crippen molar-refractivity contribution in [3.63, 3.8) is 0 Å². The Morgan fingerprint density at radius 2 is 0.470 bits per heavy atom. The van der Waals surface area contributed by atoms with Gasteiger partial charge in [-0.15, -0.1) is 0 Å². The van der Waals surface area contributed by atoms with E-state index >= 15 is 0 Å². The quantitative estimate of drug-likeness (QED) is 0.0261. The second-order valence-corrected chi connectivity index (χ2v) is 23.8. The van der Waals surface area contributed by atoms with Crippen LogP contribution in [0.1, 0.15) is 355 Å². The molecule has 1 atom stereocenters. The van der Waals surface area contributed by atoms with Crippen LogP contribution in [0, 0.1) is 0 Å². The molecule has 0 radical (unpaired) electrons. The summed E-state index contributed by atoms with van der Waals surface area (Å²) in [6.45, 7) is 6.52. The van der Waals surface area contributed by atoms with Crippen LogP contribution >= 0.6 is 0 Å². The molecular formula is C77H134O6. The average molecular weight is 1160 g/mol. The lowest BCUT2D eigenvalue weighted by Gasteiger charge is -2.18. The van der Waals surface area contributed by atoms with Crippen LogP contribution in [-0.4, -0.2) is 37.2 Å². The highest BCUT2D eigenvalue weighted by molar-refractivity contribution is 5.71. The summed E-state index contributed by atoms with van der Waals surface area (Å²) in [5, 5.41) is 0. The average Bonchev–Trinajstić information content (AvgIpc) is 3.49. The standard InChI is InChI=1S/C77H134O6/c1-4-7-10-13-16-19-22-25-28-30-32-34-36-37-38-39-41-42-44-46-49-52-55-58-61-64-67-70-76(79)82-73-74(72-81-75(78)69-66-63-60-57-54-51-48-27-24-21-18-15-12-9-6-3)83-77(80)71-68-65-62-59-56-53-50-47-45-43-40-35-33-31-29-26-23-20-17-14-11-8-5-2/h7,10,16,18-19,21,23,25-28,31-34,48,74H,4-6,8-9,11-15,17,20,22,24,29-30,35-47,49-73H2,1-3H3/b10-7-,19-16-,21-18-,26-23-,28-25-,33-31-,34-32-,48-27-. The van der Waals surface area contributed by atoms with Gasteiger partial charge in [-0.2, -0.15) is 0 Å². The number of allylic oxidation sites excluding steroid dienone is 16. The summed E-state index contributed by atoms with van der Waals surface area (Å²) in [6, 6.07) is 0. The van der Waals surface area contributed by atoms with Crippen LogP contribution in [0.25, 0.3) is 0 Å². The maximum absolute atomic E-state index is 13.0. The molecule has 0 aliphatic carbocycles. The number of hydrogen-bond acceptors (Lipinski definition) is 6. The van der Waals surface area contributed by atoms with Crippen molar-refractivity contribution in [2.24, 2.45) is 0 Å². The first-order valence-corrected chi connectivity index (χ1v) is 35.7. The van der Waals surface area contributed by atoms with E-state index in [1.807, 2.05) is 0 Å². The third kappa shape index (κ3) is 69.0. The van der Waals surface area contributed by atoms with Gasteiger partial charge in [-0.25, -0.2) is 0 Å². The van der Waals surface area contributed by atoms with Gasteiger partial charge in [0.2, 0.25) is 0 Å². The van der Waals surface area contributed by atoms with Crippen LogP contribution < -0.4 is 0 Å². The minimum absolute atomic E-state index is 0.0809. The summed E-state index contributed by atoms with van der Waals surface area (Å²) in [7, 11) is 0. The molecule has 0 fully saturated rings. The first-order chi connectivity index (χ1) is 41.0. The molecular weight excluding hydrogens is 1020 g/mol. The molecule has 478 valence electrons. The van der Waals surface area contributed by atoms with Crippen molar-refractivity contribution >= 4 is 17.9 Å². The maximum atomic E-state index is 13.0. The van der Waals surface area contributed by atoms with Gasteiger partial charge in [-0.05, 0) is 122 Å². The lowest BCUT2D eigenvalue weighted by Crippen LogP contribution is -2.30. The molecule has 83 heavy (non-hydrogen) atoms. The van der Waals surface area contributed by atoms with Crippen LogP contribution in [0.5, 0.6) is 0 Å². The molecule has 0 amide bonds. The highest BCUT2D eigenvalue weighted by atomic mass is 16.6. The zero-order chi connectivity index (χ0) is 59.9. The lowest BCUT2D eigenvalue weighted by atomic mass is 10.0. The molecule has 0 spiro atoms. The highest BCUT2D eigenvalue weighted by Crippen LogP contribution is 2.17. The van der Waals surface area contributed by atoms with E-state index in [4.69, 9.17) is 14.2 Å². The molecule has 0 heterocycles. The highest BCUT2D eigenvalue weighted by Gasteiger charge is 2.19. The van der Waals surface area contributed by atoms with E-state index < -0.39 is 6.10 Å². The Morgan fingerprint density at radius 3 is 0.759 bits per heavy atom. The van der Waals surface area contributed by atoms with E-state index in [1.165, 1.54) is 205 Å². The Kier molecular flexibility index (Phi) is 67.7. The van der Waals surface area contributed by atoms with E-state index in [1.54, 1.807) is 0 Å². The maximum Gasteiger partial charge on any atom is 0.306 e. The normalized spacial score (nSPS) is 12.7. The SMILES string of the molecule is CC/C=C\C/C=C\C/C=C\C/C=C\CCCCCCCCCCCCCCCCC(=O)OCC(COC(=O)CCCCCCC/C=C\C/C=C\CCCCC)OC(=O)CCCCCCCCCCCCC/C=C\C/C=C\CCCCCCC. The number of esters is 3. The van der Waals surface area contributed by atoms with Crippen molar-refractivity contribution in [3.8, 4) is 0 Å². The third-order valence-corrected chi connectivity index (χ3v) is 15.5. The monoisotopic (exact) mass is 1160 g/mol. The van der Waals surface area contributed by atoms with E-state index in [0.29, 0.717) is 19.3 Å². The van der Waals surface area contributed by atoms with Crippen molar-refractivity contribution < 1.29 is 28.6 Å². The van der Waals surface area contributed by atoms with E-state index in [-0.39, 0.29) is 31.1 Å². The van der Waals surface area contributed by atoms with Gasteiger partial charge < -0.3 is 14.2 Å². The third-order valence-electron chi connectivity index (χ3n) is 15.5. The van der Waals surface area contributed by atoms with Crippen molar-refractivity contribution in [1.82, 2.24) is 0 Å². The van der Waals surface area contributed by atoms with Crippen LogP contribution in [0.4, 0.5) is 0 Å². The second-order valence-electron chi connectivity index (χ2n) is 23.8. The van der Waals surface area contributed by atoms with Gasteiger partial charge >= 0.3 is 17.9 Å². The summed E-state index contributed by atoms with van der Waals surface area (Å²) >= 11 is 0. The number of unbranched alkanes of at least 4 members (excludes halogenated alkanes) is 38. The van der Waals surface area contributed by atoms with Crippen LogP contribution in [-0.2, 0) is 28.6 Å². The van der Waals surface area contributed by atoms with Gasteiger partial charge in [0, 0.05) is 19.3 Å². The smallest absolute Gasteiger partial charge is 0.306 e. The predicted octanol–water partition coefficient (Wildman–Crippen LogP) is 24.8. The predicted molar refractivity (Wildman–Crippen MR) is 362 cm³/mol. The molecule has 0 aliphatic heterocycles. The Bertz CT molecular complexity index is 1610. The zero-order valence-electron chi connectivity index (χ0n) is 54.9. The molecule has 0 aromatic rings. The molecule has 0 aliphatic rings. The number of hydrogen-bond donors (Lipinski definition) is 0. The van der Waals surface area contributed by atoms with Crippen molar-refractivity contribution in [3.05, 3.63) is 97.2 Å². The summed E-state index contributed by atoms with van der Waals surface area (Å²) in [4.78, 5) is 38.5. The topological polar surface area (TPSA) is 78.9 Å². The summed E-state index contributed by atoms with van der Waals surface area (Å²) in [5.74, 6) is -0.881. The first kappa shape index (κ1) is 79.3. The van der Waals surface area contributed by atoms with Gasteiger partial charge in [0.1, 0.15) is 13.2 Å². The van der Waals surface area contributed by atoms with E-state index in [2.05, 4.69) is 118 Å². The summed E-state index contributed by atoms with van der Waals surface area (Å²) in [6.07, 6.45) is 95.7. The van der Waals surface area contributed by atoms with Crippen molar-refractivity contribution in [2.75, 3.05) is 13.2 Å². The molecule has 0 saturated carbocycles. The number of carbonyl (C=O) groups excluding carboxylic acids is 3. The minimum atomic E-state index is -0.787. The van der Waals surface area contributed by atoms with Crippen molar-refractivity contribution in [1.29, 1.82) is 0 Å². The fraction of sp³-hybridized carbons (Fsp3) is 0.753. The van der Waals surface area contributed by atoms with Gasteiger partial charge in [-0.1, -0.05) is 311 Å². The molecule has 0 rings (SSSR count). The minimum Gasteiger partial charge on any atom is -0.462 e. The number of ether oxygens (including phenoxy) is 3. The second kappa shape index (κ2) is 70.8. The fourth-order valence-electron chi connectivity index (χ4n) is 10.2. The molecule has 0 saturated heterocycles. The summed E-state index contributed by atoms with van der Waals surface area (Å²) < 4.78 is 17.0. The fourth-order valence-corrected chi connectivity index (χ4v) is 10.2. The molecule has 1 unspecified atom stereocenters. The van der Waals surface area contributed by atoms with Gasteiger partial charge in [0.05, 0.1) is 0 Å². The molecule has 0 bridgehead atoms. The molecule has 0 aromatic heterocycles. The van der Waals surface area contributed by atoms with Gasteiger partial charge in [0.25, 0.3) is 0 Å². The lowest BCUT2D eigenvalue weighted by molar-refractivity contribution is -0.167. The Labute approximate surface area is 515 Å². The zero-order valence-corrected chi connectivity index (χ0v) is 54.9.